The predicted molar refractivity (Wildman–Crippen MR) is 114 cm³/mol. The maximum atomic E-state index is 12.1. The van der Waals surface area contributed by atoms with Crippen LogP contribution in [0.5, 0.6) is 0 Å². The van der Waals surface area contributed by atoms with Gasteiger partial charge in [0.1, 0.15) is 0 Å². The Bertz CT molecular complexity index is 927. The molecule has 1 amide bonds. The van der Waals surface area contributed by atoms with Crippen molar-refractivity contribution in [3.63, 3.8) is 0 Å². The minimum atomic E-state index is -1.54. The standard InChI is InChI=1S/C22H25N3O2S/c23-22-25-19(15-28-22)14-21(27)24-18-12-10-16(11-13-18)6-4-5-9-20(26)17-7-2-1-3-8-17/h1-3,7-8,10-13,15,20,26H,4-6,9,14H2,(H2,23,25)(H,24,27)/t20-/m0/s1/i20D. The lowest BCUT2D eigenvalue weighted by Gasteiger charge is -2.10. The van der Waals surface area contributed by atoms with Crippen molar-refractivity contribution in [1.82, 2.24) is 4.98 Å². The number of aromatic nitrogens is 1. The molecule has 146 valence electrons. The highest BCUT2D eigenvalue weighted by molar-refractivity contribution is 7.13. The van der Waals surface area contributed by atoms with Crippen LogP contribution in [0, 0.1) is 0 Å². The van der Waals surface area contributed by atoms with Gasteiger partial charge in [-0.15, -0.1) is 11.3 Å². The molecule has 4 N–H and O–H groups in total. The first-order valence-electron chi connectivity index (χ1n) is 9.79. The van der Waals surface area contributed by atoms with Crippen molar-refractivity contribution in [2.24, 2.45) is 0 Å². The molecule has 0 fully saturated rings. The minimum absolute atomic E-state index is 0.126. The van der Waals surface area contributed by atoms with Crippen molar-refractivity contribution in [2.75, 3.05) is 11.1 Å². The van der Waals surface area contributed by atoms with Crippen LogP contribution < -0.4 is 11.1 Å². The summed E-state index contributed by atoms with van der Waals surface area (Å²) in [5.41, 5.74) is 8.77. The van der Waals surface area contributed by atoms with Gasteiger partial charge in [-0.05, 0) is 42.5 Å². The molecule has 0 saturated heterocycles. The number of rotatable bonds is 9. The van der Waals surface area contributed by atoms with Crippen LogP contribution in [-0.2, 0) is 17.6 Å². The molecule has 0 aliphatic heterocycles. The predicted octanol–water partition coefficient (Wildman–Crippen LogP) is 4.35. The smallest absolute Gasteiger partial charge is 0.230 e. The maximum Gasteiger partial charge on any atom is 0.230 e. The quantitative estimate of drug-likeness (QED) is 0.469. The van der Waals surface area contributed by atoms with Crippen molar-refractivity contribution in [1.29, 1.82) is 0 Å². The Hall–Kier alpha value is -2.70. The molecule has 3 rings (SSSR count). The van der Waals surface area contributed by atoms with Crippen LogP contribution in [0.4, 0.5) is 10.8 Å². The normalized spacial score (nSPS) is 13.5. The lowest BCUT2D eigenvalue weighted by atomic mass is 10.0. The van der Waals surface area contributed by atoms with E-state index in [1.165, 1.54) is 11.3 Å². The van der Waals surface area contributed by atoms with Gasteiger partial charge in [0.05, 0.1) is 19.6 Å². The molecule has 2 aromatic carbocycles. The molecule has 0 bridgehead atoms. The van der Waals surface area contributed by atoms with Crippen molar-refractivity contribution >= 4 is 28.1 Å². The van der Waals surface area contributed by atoms with Crippen LogP contribution >= 0.6 is 11.3 Å². The summed E-state index contributed by atoms with van der Waals surface area (Å²) in [7, 11) is 0. The number of anilines is 2. The number of carbonyl (C=O) groups excluding carboxylic acids is 1. The summed E-state index contributed by atoms with van der Waals surface area (Å²) in [6.45, 7) is 0. The second-order valence-electron chi connectivity index (χ2n) is 6.62. The van der Waals surface area contributed by atoms with Crippen molar-refractivity contribution in [3.05, 3.63) is 76.8 Å². The summed E-state index contributed by atoms with van der Waals surface area (Å²) < 4.78 is 8.13. The SMILES string of the molecule is [2H][C@](O)(CCCCc1ccc(NC(=O)Cc2csc(N)n2)cc1)c1ccccc1. The molecule has 0 aliphatic carbocycles. The number of nitrogens with two attached hydrogens (primary N) is 1. The van der Waals surface area contributed by atoms with E-state index in [-0.39, 0.29) is 12.3 Å². The number of carbonyl (C=O) groups is 1. The van der Waals surface area contributed by atoms with Gasteiger partial charge in [0, 0.05) is 11.1 Å². The molecule has 5 nitrogen and oxygen atoms in total. The molecule has 0 saturated carbocycles. The van der Waals surface area contributed by atoms with Crippen LogP contribution in [-0.4, -0.2) is 16.0 Å². The first-order valence-corrected chi connectivity index (χ1v) is 10.2. The maximum absolute atomic E-state index is 12.1. The highest BCUT2D eigenvalue weighted by Crippen LogP contribution is 2.20. The molecule has 3 aromatic rings. The third-order valence-electron chi connectivity index (χ3n) is 4.38. The van der Waals surface area contributed by atoms with Crippen LogP contribution in [0.3, 0.4) is 0 Å². The molecule has 1 aromatic heterocycles. The third kappa shape index (κ3) is 6.18. The van der Waals surface area contributed by atoms with E-state index < -0.39 is 6.08 Å². The fraction of sp³-hybridized carbons (Fsp3) is 0.273. The Balaban J connectivity index is 1.41. The fourth-order valence-corrected chi connectivity index (χ4v) is 3.49. The molecule has 1 heterocycles. The molecule has 1 atom stereocenters. The monoisotopic (exact) mass is 396 g/mol. The second kappa shape index (κ2) is 10.0. The number of aryl methyl sites for hydroxylation is 1. The van der Waals surface area contributed by atoms with Gasteiger partial charge in [-0.3, -0.25) is 4.79 Å². The van der Waals surface area contributed by atoms with Gasteiger partial charge in [0.2, 0.25) is 5.91 Å². The molecule has 0 aliphatic rings. The van der Waals surface area contributed by atoms with Crippen molar-refractivity contribution < 1.29 is 11.3 Å². The van der Waals surface area contributed by atoms with Gasteiger partial charge in [-0.2, -0.15) is 0 Å². The second-order valence-corrected chi connectivity index (χ2v) is 7.51. The van der Waals surface area contributed by atoms with Crippen LogP contribution in [0.2, 0.25) is 0 Å². The van der Waals surface area contributed by atoms with E-state index in [1.54, 1.807) is 17.5 Å². The molecule has 6 heteroatoms. The Morgan fingerprint density at radius 2 is 1.93 bits per heavy atom. The number of hydrogen-bond donors (Lipinski definition) is 3. The molecule has 0 radical (unpaired) electrons. The summed E-state index contributed by atoms with van der Waals surface area (Å²) in [5, 5.41) is 15.4. The third-order valence-corrected chi connectivity index (χ3v) is 5.11. The van der Waals surface area contributed by atoms with Gasteiger partial charge in [-0.1, -0.05) is 48.9 Å². The van der Waals surface area contributed by atoms with Crippen molar-refractivity contribution in [3.8, 4) is 0 Å². The number of nitrogen functional groups attached to an aromatic ring is 1. The number of benzene rings is 2. The number of unbranched alkanes of at least 4 members (excludes halogenated alkanes) is 1. The summed E-state index contributed by atoms with van der Waals surface area (Å²) in [5.74, 6) is -0.126. The summed E-state index contributed by atoms with van der Waals surface area (Å²) in [6.07, 6.45) is 1.54. The van der Waals surface area contributed by atoms with Gasteiger partial charge in [0.25, 0.3) is 0 Å². The Kier molecular flexibility index (Phi) is 6.67. The first kappa shape index (κ1) is 18.7. The highest BCUT2D eigenvalue weighted by atomic mass is 32.1. The topological polar surface area (TPSA) is 88.2 Å². The van der Waals surface area contributed by atoms with Crippen LogP contribution in [0.1, 0.15) is 43.5 Å². The van der Waals surface area contributed by atoms with E-state index in [0.717, 1.165) is 30.5 Å². The van der Waals surface area contributed by atoms with E-state index in [0.29, 0.717) is 22.8 Å². The zero-order valence-corrected chi connectivity index (χ0v) is 16.4. The van der Waals surface area contributed by atoms with E-state index >= 15 is 0 Å². The van der Waals surface area contributed by atoms with E-state index in [2.05, 4.69) is 10.3 Å². The number of amides is 1. The van der Waals surface area contributed by atoms with Crippen molar-refractivity contribution in [2.45, 2.75) is 38.2 Å². The summed E-state index contributed by atoms with van der Waals surface area (Å²) in [6, 6.07) is 16.8. The molecular weight excluding hydrogens is 370 g/mol. The van der Waals surface area contributed by atoms with Gasteiger partial charge in [-0.25, -0.2) is 4.98 Å². The lowest BCUT2D eigenvalue weighted by Crippen LogP contribution is -2.14. The minimum Gasteiger partial charge on any atom is -0.388 e. The van der Waals surface area contributed by atoms with E-state index in [1.807, 2.05) is 42.5 Å². The van der Waals surface area contributed by atoms with Crippen LogP contribution in [0.15, 0.2) is 60.0 Å². The van der Waals surface area contributed by atoms with E-state index in [4.69, 9.17) is 7.10 Å². The highest BCUT2D eigenvalue weighted by Gasteiger charge is 2.08. The molecular formula is C22H25N3O2S. The van der Waals surface area contributed by atoms with Gasteiger partial charge >= 0.3 is 0 Å². The Morgan fingerprint density at radius 3 is 2.61 bits per heavy atom. The average Bonchev–Trinajstić information content (AvgIpc) is 3.11. The van der Waals surface area contributed by atoms with E-state index in [9.17, 15) is 9.90 Å². The largest absolute Gasteiger partial charge is 0.388 e. The number of aliphatic hydroxyl groups is 1. The number of nitrogens with one attached hydrogen (secondary N) is 1. The molecule has 0 spiro atoms. The number of hydrogen-bond acceptors (Lipinski definition) is 5. The summed E-state index contributed by atoms with van der Waals surface area (Å²) in [4.78, 5) is 16.2. The average molecular weight is 397 g/mol. The fourth-order valence-electron chi connectivity index (χ4n) is 2.92. The number of thiazole rings is 1. The zero-order chi connectivity index (χ0) is 20.7. The lowest BCUT2D eigenvalue weighted by molar-refractivity contribution is -0.115. The van der Waals surface area contributed by atoms with Gasteiger partial charge in [0.15, 0.2) is 5.13 Å². The van der Waals surface area contributed by atoms with Crippen LogP contribution in [0.25, 0.3) is 0 Å². The Morgan fingerprint density at radius 1 is 1.18 bits per heavy atom. The Labute approximate surface area is 170 Å². The zero-order valence-electron chi connectivity index (χ0n) is 16.6. The molecule has 28 heavy (non-hydrogen) atoms. The van der Waals surface area contributed by atoms with Gasteiger partial charge < -0.3 is 16.2 Å². The molecule has 0 unspecified atom stereocenters. The number of nitrogens with zero attached hydrogens (tertiary/aromatic N) is 1. The first-order chi connectivity index (χ1) is 13.9. The summed E-state index contributed by atoms with van der Waals surface area (Å²) >= 11 is 1.32.